The van der Waals surface area contributed by atoms with Gasteiger partial charge in [-0.2, -0.15) is 0 Å². The second-order valence-electron chi connectivity index (χ2n) is 7.54. The van der Waals surface area contributed by atoms with Gasteiger partial charge in [-0.15, -0.1) is 0 Å². The van der Waals surface area contributed by atoms with Crippen molar-refractivity contribution in [3.8, 4) is 0 Å². The molecule has 0 bridgehead atoms. The van der Waals surface area contributed by atoms with E-state index in [1.54, 1.807) is 4.90 Å². The standard InChI is InChI=1S/C22H26N4O3/c1-3-29-22(28)26-11-9-25(10-12-26)21-23-15(2)20-18(24-21)13-17(14-19(20)27)16-7-5-4-6-8-16/h4-8,17H,3,9-14H2,1-2H3. The first-order valence-corrected chi connectivity index (χ1v) is 10.2. The minimum absolute atomic E-state index is 0.122. The highest BCUT2D eigenvalue weighted by Crippen LogP contribution is 2.33. The van der Waals surface area contributed by atoms with Gasteiger partial charge in [-0.25, -0.2) is 14.8 Å². The number of ether oxygens (including phenoxy) is 1. The second kappa shape index (κ2) is 8.19. The Morgan fingerprint density at radius 2 is 1.83 bits per heavy atom. The zero-order valence-electron chi connectivity index (χ0n) is 16.9. The molecule has 4 rings (SSSR count). The van der Waals surface area contributed by atoms with Crippen LogP contribution in [0.5, 0.6) is 0 Å². The molecule has 1 atom stereocenters. The predicted octanol–water partition coefficient (Wildman–Crippen LogP) is 2.98. The maximum absolute atomic E-state index is 12.8. The molecule has 29 heavy (non-hydrogen) atoms. The number of fused-ring (bicyclic) bond motifs is 1. The van der Waals surface area contributed by atoms with E-state index < -0.39 is 0 Å². The number of aryl methyl sites for hydroxylation is 1. The van der Waals surface area contributed by atoms with E-state index in [0.29, 0.717) is 50.7 Å². The van der Waals surface area contributed by atoms with Crippen LogP contribution in [0.2, 0.25) is 0 Å². The Kier molecular flexibility index (Phi) is 5.47. The van der Waals surface area contributed by atoms with Crippen LogP contribution >= 0.6 is 0 Å². The molecule has 2 heterocycles. The van der Waals surface area contributed by atoms with Gasteiger partial charge >= 0.3 is 6.09 Å². The average molecular weight is 394 g/mol. The summed E-state index contributed by atoms with van der Waals surface area (Å²) in [5.41, 5.74) is 3.44. The number of carbonyl (C=O) groups is 2. The molecular weight excluding hydrogens is 368 g/mol. The van der Waals surface area contributed by atoms with Crippen LogP contribution in [0.15, 0.2) is 30.3 Å². The molecule has 1 unspecified atom stereocenters. The molecular formula is C22H26N4O3. The lowest BCUT2D eigenvalue weighted by atomic mass is 9.81. The van der Waals surface area contributed by atoms with Crippen molar-refractivity contribution < 1.29 is 14.3 Å². The number of Topliss-reactive ketones (excluding diaryl/α,β-unsaturated/α-hetero) is 1. The average Bonchev–Trinajstić information content (AvgIpc) is 2.74. The topological polar surface area (TPSA) is 75.6 Å². The molecule has 1 amide bonds. The predicted molar refractivity (Wildman–Crippen MR) is 109 cm³/mol. The molecule has 7 nitrogen and oxygen atoms in total. The number of amides is 1. The van der Waals surface area contributed by atoms with Crippen LogP contribution < -0.4 is 4.90 Å². The zero-order chi connectivity index (χ0) is 20.4. The second-order valence-corrected chi connectivity index (χ2v) is 7.54. The Labute approximate surface area is 170 Å². The van der Waals surface area contributed by atoms with Crippen molar-refractivity contribution in [2.24, 2.45) is 0 Å². The highest BCUT2D eigenvalue weighted by atomic mass is 16.6. The van der Waals surface area contributed by atoms with Crippen LogP contribution in [0.1, 0.15) is 46.6 Å². The lowest BCUT2D eigenvalue weighted by Crippen LogP contribution is -2.49. The summed E-state index contributed by atoms with van der Waals surface area (Å²) < 4.78 is 5.08. The minimum atomic E-state index is -0.272. The van der Waals surface area contributed by atoms with E-state index in [2.05, 4.69) is 22.0 Å². The quantitative estimate of drug-likeness (QED) is 0.797. The molecule has 7 heteroatoms. The van der Waals surface area contributed by atoms with Crippen LogP contribution in [-0.4, -0.2) is 59.5 Å². The molecule has 1 aromatic heterocycles. The van der Waals surface area contributed by atoms with Gasteiger partial charge < -0.3 is 14.5 Å². The van der Waals surface area contributed by atoms with Gasteiger partial charge in [0, 0.05) is 32.6 Å². The maximum atomic E-state index is 12.8. The number of aromatic nitrogens is 2. The van der Waals surface area contributed by atoms with Crippen molar-refractivity contribution >= 4 is 17.8 Å². The Morgan fingerprint density at radius 3 is 2.52 bits per heavy atom. The lowest BCUT2D eigenvalue weighted by Gasteiger charge is -2.34. The van der Waals surface area contributed by atoms with Crippen molar-refractivity contribution in [3.63, 3.8) is 0 Å². The molecule has 1 aromatic carbocycles. The van der Waals surface area contributed by atoms with E-state index in [1.165, 1.54) is 5.56 Å². The molecule has 1 saturated heterocycles. The lowest BCUT2D eigenvalue weighted by molar-refractivity contribution is 0.0960. The van der Waals surface area contributed by atoms with Gasteiger partial charge in [-0.1, -0.05) is 30.3 Å². The van der Waals surface area contributed by atoms with Gasteiger partial charge in [0.1, 0.15) is 0 Å². The van der Waals surface area contributed by atoms with E-state index in [4.69, 9.17) is 9.72 Å². The Balaban J connectivity index is 1.54. The number of ketones is 1. The van der Waals surface area contributed by atoms with Gasteiger partial charge in [0.25, 0.3) is 0 Å². The molecule has 0 radical (unpaired) electrons. The van der Waals surface area contributed by atoms with Crippen molar-refractivity contribution in [1.82, 2.24) is 14.9 Å². The maximum Gasteiger partial charge on any atom is 0.409 e. The summed E-state index contributed by atoms with van der Waals surface area (Å²) >= 11 is 0. The third kappa shape index (κ3) is 3.95. The minimum Gasteiger partial charge on any atom is -0.450 e. The highest BCUT2D eigenvalue weighted by molar-refractivity contribution is 5.99. The molecule has 1 fully saturated rings. The monoisotopic (exact) mass is 394 g/mol. The summed E-state index contributed by atoms with van der Waals surface area (Å²) in [6.07, 6.45) is 0.967. The molecule has 2 aromatic rings. The van der Waals surface area contributed by atoms with Crippen molar-refractivity contribution in [2.75, 3.05) is 37.7 Å². The van der Waals surface area contributed by atoms with Crippen molar-refractivity contribution in [3.05, 3.63) is 52.8 Å². The van der Waals surface area contributed by atoms with Crippen LogP contribution in [0.4, 0.5) is 10.7 Å². The summed E-state index contributed by atoms with van der Waals surface area (Å²) in [5, 5.41) is 0. The van der Waals surface area contributed by atoms with Crippen molar-refractivity contribution in [1.29, 1.82) is 0 Å². The van der Waals surface area contributed by atoms with E-state index in [0.717, 1.165) is 17.8 Å². The third-order valence-corrected chi connectivity index (χ3v) is 5.66. The largest absolute Gasteiger partial charge is 0.450 e. The third-order valence-electron chi connectivity index (χ3n) is 5.66. The van der Waals surface area contributed by atoms with Crippen LogP contribution in [0, 0.1) is 6.92 Å². The van der Waals surface area contributed by atoms with E-state index >= 15 is 0 Å². The van der Waals surface area contributed by atoms with Crippen LogP contribution in [-0.2, 0) is 11.2 Å². The number of rotatable bonds is 3. The summed E-state index contributed by atoms with van der Waals surface area (Å²) in [5.74, 6) is 0.918. The first-order valence-electron chi connectivity index (χ1n) is 10.2. The van der Waals surface area contributed by atoms with Gasteiger partial charge in [0.15, 0.2) is 5.78 Å². The fourth-order valence-corrected chi connectivity index (χ4v) is 4.16. The summed E-state index contributed by atoms with van der Waals surface area (Å²) in [4.78, 5) is 37.9. The summed E-state index contributed by atoms with van der Waals surface area (Å²) in [6, 6.07) is 10.2. The molecule has 1 aliphatic carbocycles. The van der Waals surface area contributed by atoms with Gasteiger partial charge in [0.2, 0.25) is 5.95 Å². The smallest absolute Gasteiger partial charge is 0.409 e. The normalized spacial score (nSPS) is 19.1. The van der Waals surface area contributed by atoms with Gasteiger partial charge in [0.05, 0.1) is 23.6 Å². The number of anilines is 1. The summed E-state index contributed by atoms with van der Waals surface area (Å²) in [7, 11) is 0. The molecule has 152 valence electrons. The fraction of sp³-hybridized carbons (Fsp3) is 0.455. The SMILES string of the molecule is CCOC(=O)N1CCN(c2nc(C)c3c(n2)CC(c2ccccc2)CC3=O)CC1. The number of benzene rings is 1. The number of nitrogens with zero attached hydrogens (tertiary/aromatic N) is 4. The summed E-state index contributed by atoms with van der Waals surface area (Å²) in [6.45, 7) is 6.51. The number of hydrogen-bond acceptors (Lipinski definition) is 6. The van der Waals surface area contributed by atoms with Crippen molar-refractivity contribution in [2.45, 2.75) is 32.6 Å². The Hall–Kier alpha value is -2.96. The molecule has 0 spiro atoms. The first-order chi connectivity index (χ1) is 14.1. The molecule has 1 aliphatic heterocycles. The molecule has 0 saturated carbocycles. The number of hydrogen-bond donors (Lipinski definition) is 0. The van der Waals surface area contributed by atoms with Crippen LogP contribution in [0.25, 0.3) is 0 Å². The van der Waals surface area contributed by atoms with E-state index in [1.807, 2.05) is 32.0 Å². The Bertz CT molecular complexity index is 908. The highest BCUT2D eigenvalue weighted by Gasteiger charge is 2.31. The van der Waals surface area contributed by atoms with Crippen LogP contribution in [0.3, 0.4) is 0 Å². The van der Waals surface area contributed by atoms with Gasteiger partial charge in [-0.3, -0.25) is 4.79 Å². The number of piperazine rings is 1. The van der Waals surface area contributed by atoms with E-state index in [-0.39, 0.29) is 17.8 Å². The van der Waals surface area contributed by atoms with Gasteiger partial charge in [-0.05, 0) is 31.7 Å². The van der Waals surface area contributed by atoms with E-state index in [9.17, 15) is 9.59 Å². The number of carbonyl (C=O) groups excluding carboxylic acids is 2. The molecule has 2 aliphatic rings. The fourth-order valence-electron chi connectivity index (χ4n) is 4.16. The first kappa shape index (κ1) is 19.4. The Morgan fingerprint density at radius 1 is 1.10 bits per heavy atom. The zero-order valence-corrected chi connectivity index (χ0v) is 16.9. The molecule has 0 N–H and O–H groups in total.